The van der Waals surface area contributed by atoms with Gasteiger partial charge in [0.05, 0.1) is 11.9 Å². The first-order chi connectivity index (χ1) is 10.7. The molecule has 1 fully saturated rings. The lowest BCUT2D eigenvalue weighted by Gasteiger charge is -2.10. The second-order valence-electron chi connectivity index (χ2n) is 5.10. The van der Waals surface area contributed by atoms with Gasteiger partial charge in [0.2, 0.25) is 5.91 Å². The minimum Gasteiger partial charge on any atom is -0.455 e. The van der Waals surface area contributed by atoms with Crippen molar-refractivity contribution in [2.24, 2.45) is 5.92 Å². The molecule has 0 aromatic carbocycles. The van der Waals surface area contributed by atoms with E-state index in [0.29, 0.717) is 28.8 Å². The summed E-state index contributed by atoms with van der Waals surface area (Å²) in [6, 6.07) is 5.14. The van der Waals surface area contributed by atoms with Gasteiger partial charge in [0.1, 0.15) is 23.1 Å². The number of amides is 1. The fourth-order valence-corrected chi connectivity index (χ4v) is 1.97. The van der Waals surface area contributed by atoms with E-state index < -0.39 is 0 Å². The van der Waals surface area contributed by atoms with Crippen molar-refractivity contribution in [3.63, 3.8) is 0 Å². The van der Waals surface area contributed by atoms with Gasteiger partial charge in [-0.25, -0.2) is 9.97 Å². The summed E-state index contributed by atoms with van der Waals surface area (Å²) in [5, 5.41) is 5.73. The summed E-state index contributed by atoms with van der Waals surface area (Å²) >= 11 is 0. The van der Waals surface area contributed by atoms with Crippen LogP contribution in [0.15, 0.2) is 30.6 Å². The number of hydrogen-bond acceptors (Lipinski definition) is 6. The molecule has 0 saturated heterocycles. The third-order valence-corrected chi connectivity index (χ3v) is 3.33. The van der Waals surface area contributed by atoms with E-state index in [2.05, 4.69) is 20.6 Å². The molecule has 1 saturated carbocycles. The first-order valence-electron chi connectivity index (χ1n) is 7.04. The Hall–Kier alpha value is -2.83. The second kappa shape index (κ2) is 5.88. The van der Waals surface area contributed by atoms with Crippen LogP contribution >= 0.6 is 0 Å². The molecule has 1 aliphatic rings. The summed E-state index contributed by atoms with van der Waals surface area (Å²) in [6.07, 6.45) is 5.03. The molecule has 0 bridgehead atoms. The lowest BCUT2D eigenvalue weighted by molar-refractivity contribution is -0.117. The highest BCUT2D eigenvalue weighted by molar-refractivity contribution is 5.93. The topological polar surface area (TPSA) is 102 Å². The SMILES string of the molecule is CNc1cc(Oc2ccnc(NC(=O)C3CC3)c2)cnc1N. The van der Waals surface area contributed by atoms with E-state index in [1.807, 2.05) is 0 Å². The summed E-state index contributed by atoms with van der Waals surface area (Å²) < 4.78 is 5.72. The van der Waals surface area contributed by atoms with E-state index in [-0.39, 0.29) is 11.8 Å². The van der Waals surface area contributed by atoms with Crippen LogP contribution in [0.2, 0.25) is 0 Å². The van der Waals surface area contributed by atoms with Crippen molar-refractivity contribution in [3.8, 4) is 11.5 Å². The fourth-order valence-electron chi connectivity index (χ4n) is 1.97. The molecule has 2 heterocycles. The van der Waals surface area contributed by atoms with Crippen molar-refractivity contribution >= 4 is 23.2 Å². The van der Waals surface area contributed by atoms with Gasteiger partial charge in [-0.05, 0) is 18.9 Å². The molecule has 2 aromatic rings. The third kappa shape index (κ3) is 3.25. The number of ether oxygens (including phenoxy) is 1. The Bertz CT molecular complexity index is 700. The zero-order valence-corrected chi connectivity index (χ0v) is 12.2. The highest BCUT2D eigenvalue weighted by Crippen LogP contribution is 2.31. The molecule has 114 valence electrons. The predicted molar refractivity (Wildman–Crippen MR) is 83.9 cm³/mol. The van der Waals surface area contributed by atoms with Gasteiger partial charge in [-0.1, -0.05) is 0 Å². The molecule has 0 aliphatic heterocycles. The van der Waals surface area contributed by atoms with Gasteiger partial charge in [0.15, 0.2) is 0 Å². The summed E-state index contributed by atoms with van der Waals surface area (Å²) in [5.41, 5.74) is 6.41. The smallest absolute Gasteiger partial charge is 0.228 e. The predicted octanol–water partition coefficient (Wildman–Crippen LogP) is 2.24. The standard InChI is InChI=1S/C15H17N5O2/c1-17-12-6-11(8-19-14(12)16)22-10-4-5-18-13(7-10)20-15(21)9-2-3-9/h4-9,17H,2-3H2,1H3,(H2,16,19)(H,18,20,21). The lowest BCUT2D eigenvalue weighted by Crippen LogP contribution is -2.14. The average Bonchev–Trinajstić information content (AvgIpc) is 3.34. The van der Waals surface area contributed by atoms with Crippen molar-refractivity contribution in [1.29, 1.82) is 0 Å². The van der Waals surface area contributed by atoms with Crippen molar-refractivity contribution in [1.82, 2.24) is 9.97 Å². The van der Waals surface area contributed by atoms with E-state index in [1.54, 1.807) is 37.6 Å². The maximum Gasteiger partial charge on any atom is 0.228 e. The first kappa shape index (κ1) is 14.1. The van der Waals surface area contributed by atoms with Crippen molar-refractivity contribution in [3.05, 3.63) is 30.6 Å². The Morgan fingerprint density at radius 1 is 1.32 bits per heavy atom. The third-order valence-electron chi connectivity index (χ3n) is 3.33. The van der Waals surface area contributed by atoms with E-state index in [9.17, 15) is 4.79 Å². The Morgan fingerprint density at radius 3 is 2.86 bits per heavy atom. The van der Waals surface area contributed by atoms with Crippen LogP contribution in [-0.4, -0.2) is 22.9 Å². The van der Waals surface area contributed by atoms with Crippen LogP contribution in [0.1, 0.15) is 12.8 Å². The molecule has 2 aromatic heterocycles. The quantitative estimate of drug-likeness (QED) is 0.782. The molecule has 3 rings (SSSR count). The van der Waals surface area contributed by atoms with Crippen molar-refractivity contribution in [2.75, 3.05) is 23.4 Å². The monoisotopic (exact) mass is 299 g/mol. The Morgan fingerprint density at radius 2 is 2.14 bits per heavy atom. The van der Waals surface area contributed by atoms with Crippen LogP contribution in [0.3, 0.4) is 0 Å². The number of nitrogens with one attached hydrogen (secondary N) is 2. The molecule has 0 unspecified atom stereocenters. The summed E-state index contributed by atoms with van der Waals surface area (Å²) in [5.74, 6) is 2.13. The molecule has 4 N–H and O–H groups in total. The molecule has 7 heteroatoms. The van der Waals surface area contributed by atoms with E-state index in [1.165, 1.54) is 0 Å². The molecule has 0 spiro atoms. The second-order valence-corrected chi connectivity index (χ2v) is 5.10. The number of pyridine rings is 2. The molecule has 7 nitrogen and oxygen atoms in total. The molecule has 0 radical (unpaired) electrons. The molecular weight excluding hydrogens is 282 g/mol. The first-order valence-corrected chi connectivity index (χ1v) is 7.04. The minimum atomic E-state index is 0.0104. The number of carbonyl (C=O) groups excluding carboxylic acids is 1. The molecule has 1 amide bonds. The number of hydrogen-bond donors (Lipinski definition) is 3. The molecule has 0 atom stereocenters. The Kier molecular flexibility index (Phi) is 3.78. The van der Waals surface area contributed by atoms with Gasteiger partial charge in [-0.3, -0.25) is 4.79 Å². The van der Waals surface area contributed by atoms with Crippen LogP contribution in [0.4, 0.5) is 17.3 Å². The largest absolute Gasteiger partial charge is 0.455 e. The lowest BCUT2D eigenvalue weighted by atomic mass is 10.3. The average molecular weight is 299 g/mol. The van der Waals surface area contributed by atoms with Crippen LogP contribution in [0, 0.1) is 5.92 Å². The van der Waals surface area contributed by atoms with E-state index in [4.69, 9.17) is 10.5 Å². The maximum absolute atomic E-state index is 11.7. The number of carbonyl (C=O) groups is 1. The van der Waals surface area contributed by atoms with Crippen LogP contribution in [0.5, 0.6) is 11.5 Å². The van der Waals surface area contributed by atoms with Gasteiger partial charge < -0.3 is 21.1 Å². The summed E-state index contributed by atoms with van der Waals surface area (Å²) in [6.45, 7) is 0. The number of nitrogens with zero attached hydrogens (tertiary/aromatic N) is 2. The zero-order valence-electron chi connectivity index (χ0n) is 12.2. The molecule has 1 aliphatic carbocycles. The van der Waals surface area contributed by atoms with Gasteiger partial charge in [-0.2, -0.15) is 0 Å². The number of nitrogen functional groups attached to an aromatic ring is 1. The van der Waals surface area contributed by atoms with Crippen molar-refractivity contribution < 1.29 is 9.53 Å². The van der Waals surface area contributed by atoms with Crippen LogP contribution < -0.4 is 21.1 Å². The number of anilines is 3. The number of nitrogens with two attached hydrogens (primary N) is 1. The number of rotatable bonds is 5. The van der Waals surface area contributed by atoms with Gasteiger partial charge in [0, 0.05) is 31.3 Å². The zero-order chi connectivity index (χ0) is 15.5. The van der Waals surface area contributed by atoms with Gasteiger partial charge in [-0.15, -0.1) is 0 Å². The maximum atomic E-state index is 11.7. The Balaban J connectivity index is 1.73. The van der Waals surface area contributed by atoms with Crippen molar-refractivity contribution in [2.45, 2.75) is 12.8 Å². The molecular formula is C15H17N5O2. The number of aromatic nitrogens is 2. The minimum absolute atomic E-state index is 0.0104. The highest BCUT2D eigenvalue weighted by Gasteiger charge is 2.29. The fraction of sp³-hybridized carbons (Fsp3) is 0.267. The summed E-state index contributed by atoms with van der Waals surface area (Å²) in [4.78, 5) is 19.9. The normalized spacial score (nSPS) is 13.5. The summed E-state index contributed by atoms with van der Waals surface area (Å²) in [7, 11) is 1.76. The molecule has 22 heavy (non-hydrogen) atoms. The Labute approximate surface area is 127 Å². The highest BCUT2D eigenvalue weighted by atomic mass is 16.5. The van der Waals surface area contributed by atoms with Crippen LogP contribution in [-0.2, 0) is 4.79 Å². The van der Waals surface area contributed by atoms with E-state index >= 15 is 0 Å². The van der Waals surface area contributed by atoms with Gasteiger partial charge >= 0.3 is 0 Å². The van der Waals surface area contributed by atoms with Crippen LogP contribution in [0.25, 0.3) is 0 Å². The van der Waals surface area contributed by atoms with E-state index in [0.717, 1.165) is 12.8 Å². The van der Waals surface area contributed by atoms with Gasteiger partial charge in [0.25, 0.3) is 0 Å².